The third kappa shape index (κ3) is 3.48. The maximum absolute atomic E-state index is 9.70. The minimum absolute atomic E-state index is 0.263. The van der Waals surface area contributed by atoms with Crippen molar-refractivity contribution < 1.29 is 29.9 Å². The lowest BCUT2D eigenvalue weighted by molar-refractivity contribution is -0.170. The summed E-state index contributed by atoms with van der Waals surface area (Å²) in [5, 5.41) is 39.1. The van der Waals surface area contributed by atoms with Crippen molar-refractivity contribution in [2.45, 2.75) is 30.7 Å². The van der Waals surface area contributed by atoms with Gasteiger partial charge in [0.1, 0.15) is 24.4 Å². The highest BCUT2D eigenvalue weighted by atomic mass is 35.5. The van der Waals surface area contributed by atoms with E-state index in [1.165, 1.54) is 0 Å². The lowest BCUT2D eigenvalue weighted by Crippen LogP contribution is -2.46. The van der Waals surface area contributed by atoms with Crippen LogP contribution in [0.1, 0.15) is 11.9 Å². The summed E-state index contributed by atoms with van der Waals surface area (Å²) in [6.45, 7) is -0.526. The van der Waals surface area contributed by atoms with Gasteiger partial charge in [-0.1, -0.05) is 29.8 Å². The highest BCUT2D eigenvalue weighted by molar-refractivity contribution is 6.31. The van der Waals surface area contributed by atoms with Crippen LogP contribution in [0.15, 0.2) is 24.3 Å². The Labute approximate surface area is 121 Å². The molecule has 1 saturated heterocycles. The summed E-state index contributed by atoms with van der Waals surface area (Å²) in [7, 11) is 0. The van der Waals surface area contributed by atoms with Crippen LogP contribution in [0.4, 0.5) is 0 Å². The van der Waals surface area contributed by atoms with Gasteiger partial charge < -0.3 is 29.9 Å². The Morgan fingerprint density at radius 2 is 1.40 bits per heavy atom. The normalized spacial score (nSPS) is 36.0. The number of aliphatic hydroxyl groups is 4. The molecule has 1 heterocycles. The second-order valence-electron chi connectivity index (χ2n) is 4.64. The fourth-order valence-electron chi connectivity index (χ4n) is 1.92. The molecule has 0 aromatic heterocycles. The molecule has 1 aromatic carbocycles. The van der Waals surface area contributed by atoms with Crippen LogP contribution >= 0.6 is 11.6 Å². The number of benzene rings is 1. The molecular weight excluding hydrogens is 288 g/mol. The predicted octanol–water partition coefficient (Wildman–Crippen LogP) is -0.171. The number of hydrogen-bond donors (Lipinski definition) is 4. The van der Waals surface area contributed by atoms with Gasteiger partial charge in [-0.3, -0.25) is 0 Å². The van der Waals surface area contributed by atoms with Gasteiger partial charge in [0.05, 0.1) is 13.2 Å². The summed E-state index contributed by atoms with van der Waals surface area (Å²) in [6, 6.07) is 6.85. The van der Waals surface area contributed by atoms with Gasteiger partial charge in [-0.05, 0) is 6.07 Å². The third-order valence-electron chi connectivity index (χ3n) is 3.13. The number of halogens is 1. The number of aliphatic hydroxyl groups excluding tert-OH is 4. The van der Waals surface area contributed by atoms with Gasteiger partial charge in [0.25, 0.3) is 0 Å². The zero-order valence-electron chi connectivity index (χ0n) is 10.6. The van der Waals surface area contributed by atoms with E-state index in [4.69, 9.17) is 21.1 Å². The Morgan fingerprint density at radius 1 is 0.900 bits per heavy atom. The fraction of sp³-hybridized carbons (Fsp3) is 0.538. The topological polar surface area (TPSA) is 99.4 Å². The second kappa shape index (κ2) is 6.82. The molecular formula is C13H17ClO6. The standard InChI is InChI=1S/C13H17ClO6/c14-8-4-2-1-3-7(8)13-19-5-9(15)11(17)12(18)10(16)6-20-13/h1-4,9-13,15-18H,5-6H2/t9-,10+,11-,12-,13?/m0/s1. The first-order chi connectivity index (χ1) is 9.50. The largest absolute Gasteiger partial charge is 0.388 e. The summed E-state index contributed by atoms with van der Waals surface area (Å²) in [4.78, 5) is 0. The van der Waals surface area contributed by atoms with Crippen LogP contribution in [0.25, 0.3) is 0 Å². The Kier molecular flexibility index (Phi) is 5.34. The molecule has 0 saturated carbocycles. The molecule has 0 bridgehead atoms. The van der Waals surface area contributed by atoms with Gasteiger partial charge in [-0.15, -0.1) is 0 Å². The van der Waals surface area contributed by atoms with Crippen molar-refractivity contribution in [1.29, 1.82) is 0 Å². The minimum Gasteiger partial charge on any atom is -0.388 e. The Bertz CT molecular complexity index is 425. The van der Waals surface area contributed by atoms with E-state index < -0.39 is 30.7 Å². The van der Waals surface area contributed by atoms with E-state index in [0.29, 0.717) is 10.6 Å². The van der Waals surface area contributed by atoms with Crippen LogP contribution in [0.3, 0.4) is 0 Å². The molecule has 1 aliphatic rings. The summed E-state index contributed by atoms with van der Waals surface area (Å²) < 4.78 is 10.7. The molecule has 7 heteroatoms. The van der Waals surface area contributed by atoms with E-state index in [1.54, 1.807) is 24.3 Å². The number of rotatable bonds is 1. The lowest BCUT2D eigenvalue weighted by Gasteiger charge is -2.23. The first-order valence-corrected chi connectivity index (χ1v) is 6.58. The highest BCUT2D eigenvalue weighted by Crippen LogP contribution is 2.28. The first kappa shape index (κ1) is 15.7. The van der Waals surface area contributed by atoms with Gasteiger partial charge in [0, 0.05) is 10.6 Å². The zero-order valence-corrected chi connectivity index (χ0v) is 11.3. The molecule has 0 aliphatic carbocycles. The Morgan fingerprint density at radius 3 is 1.90 bits per heavy atom. The lowest BCUT2D eigenvalue weighted by atomic mass is 10.0. The minimum atomic E-state index is -1.52. The Balaban J connectivity index is 2.18. The maximum Gasteiger partial charge on any atom is 0.185 e. The van der Waals surface area contributed by atoms with E-state index in [1.807, 2.05) is 0 Å². The molecule has 1 aliphatic heterocycles. The molecule has 112 valence electrons. The molecule has 0 spiro atoms. The summed E-state index contributed by atoms with van der Waals surface area (Å²) in [6.07, 6.45) is -6.61. The van der Waals surface area contributed by atoms with Crippen molar-refractivity contribution in [1.82, 2.24) is 0 Å². The molecule has 1 unspecified atom stereocenters. The molecule has 0 amide bonds. The molecule has 1 aromatic rings. The molecule has 6 nitrogen and oxygen atoms in total. The monoisotopic (exact) mass is 304 g/mol. The molecule has 2 rings (SSSR count). The second-order valence-corrected chi connectivity index (χ2v) is 5.04. The number of hydrogen-bond acceptors (Lipinski definition) is 6. The van der Waals surface area contributed by atoms with Crippen molar-refractivity contribution in [3.8, 4) is 0 Å². The Hall–Kier alpha value is -0.730. The number of ether oxygens (including phenoxy) is 2. The smallest absolute Gasteiger partial charge is 0.185 e. The molecule has 5 atom stereocenters. The molecule has 0 radical (unpaired) electrons. The zero-order chi connectivity index (χ0) is 14.7. The average Bonchev–Trinajstić information content (AvgIpc) is 2.49. The van der Waals surface area contributed by atoms with Gasteiger partial charge in [-0.2, -0.15) is 0 Å². The molecule has 20 heavy (non-hydrogen) atoms. The average molecular weight is 305 g/mol. The van der Waals surface area contributed by atoms with Gasteiger partial charge >= 0.3 is 0 Å². The molecule has 1 fully saturated rings. The highest BCUT2D eigenvalue weighted by Gasteiger charge is 2.34. The van der Waals surface area contributed by atoms with Crippen molar-refractivity contribution in [2.24, 2.45) is 0 Å². The van der Waals surface area contributed by atoms with Crippen LogP contribution in [-0.2, 0) is 9.47 Å². The van der Waals surface area contributed by atoms with Crippen molar-refractivity contribution in [3.63, 3.8) is 0 Å². The van der Waals surface area contributed by atoms with E-state index >= 15 is 0 Å². The predicted molar refractivity (Wildman–Crippen MR) is 70.1 cm³/mol. The quantitative estimate of drug-likeness (QED) is 0.575. The summed E-state index contributed by atoms with van der Waals surface area (Å²) >= 11 is 6.04. The first-order valence-electron chi connectivity index (χ1n) is 6.20. The van der Waals surface area contributed by atoms with Crippen molar-refractivity contribution in [2.75, 3.05) is 13.2 Å². The van der Waals surface area contributed by atoms with Crippen LogP contribution in [0, 0.1) is 0 Å². The van der Waals surface area contributed by atoms with E-state index in [2.05, 4.69) is 0 Å². The van der Waals surface area contributed by atoms with Gasteiger partial charge in [-0.25, -0.2) is 0 Å². The fourth-order valence-corrected chi connectivity index (χ4v) is 2.14. The van der Waals surface area contributed by atoms with Crippen molar-refractivity contribution >= 4 is 11.6 Å². The van der Waals surface area contributed by atoms with E-state index in [-0.39, 0.29) is 13.2 Å². The maximum atomic E-state index is 9.70. The van der Waals surface area contributed by atoms with E-state index in [0.717, 1.165) is 0 Å². The van der Waals surface area contributed by atoms with Crippen LogP contribution < -0.4 is 0 Å². The third-order valence-corrected chi connectivity index (χ3v) is 3.48. The van der Waals surface area contributed by atoms with Crippen LogP contribution in [0.2, 0.25) is 5.02 Å². The van der Waals surface area contributed by atoms with E-state index in [9.17, 15) is 20.4 Å². The van der Waals surface area contributed by atoms with Crippen molar-refractivity contribution in [3.05, 3.63) is 34.9 Å². The summed E-state index contributed by atoms with van der Waals surface area (Å²) in [5.41, 5.74) is 0.541. The van der Waals surface area contributed by atoms with Crippen LogP contribution in [0.5, 0.6) is 0 Å². The van der Waals surface area contributed by atoms with Crippen LogP contribution in [-0.4, -0.2) is 58.1 Å². The SMILES string of the molecule is O[C@@H]1[C@@H](O)[C@@H](O)COC(c2ccccc2Cl)OC[C@H]1O. The summed E-state index contributed by atoms with van der Waals surface area (Å²) in [5.74, 6) is 0. The molecule has 4 N–H and O–H groups in total. The van der Waals surface area contributed by atoms with Gasteiger partial charge in [0.2, 0.25) is 0 Å². The van der Waals surface area contributed by atoms with Gasteiger partial charge in [0.15, 0.2) is 6.29 Å².